The number of nitrogens with one attached hydrogen (secondary N) is 2. The molecule has 1 aromatic carbocycles. The van der Waals surface area contributed by atoms with Crippen LogP contribution in [0.4, 0.5) is 5.13 Å². The lowest BCUT2D eigenvalue weighted by Crippen LogP contribution is -2.44. The van der Waals surface area contributed by atoms with Crippen molar-refractivity contribution in [3.63, 3.8) is 0 Å². The van der Waals surface area contributed by atoms with Crippen molar-refractivity contribution in [1.29, 1.82) is 0 Å². The Bertz CT molecular complexity index is 659. The van der Waals surface area contributed by atoms with E-state index in [-0.39, 0.29) is 11.8 Å². The fraction of sp³-hybridized carbons (Fsp3) is 0.312. The lowest BCUT2D eigenvalue weighted by molar-refractivity contribution is -0.118. The summed E-state index contributed by atoms with van der Waals surface area (Å²) in [6.07, 6.45) is 4.16. The second-order valence-electron chi connectivity index (χ2n) is 4.95. The van der Waals surface area contributed by atoms with Crippen LogP contribution in [0.15, 0.2) is 35.8 Å². The van der Waals surface area contributed by atoms with Crippen molar-refractivity contribution in [1.82, 2.24) is 10.3 Å². The smallest absolute Gasteiger partial charge is 0.252 e. The van der Waals surface area contributed by atoms with Gasteiger partial charge in [-0.3, -0.25) is 9.59 Å². The van der Waals surface area contributed by atoms with Crippen LogP contribution in [-0.2, 0) is 4.79 Å². The van der Waals surface area contributed by atoms with Crippen LogP contribution >= 0.6 is 23.1 Å². The standard InChI is InChI=1S/C16H19N3O2S2/c1-11-5-3-4-6-12(11)14(20)18-13(7-9-22-2)15(21)19-16-17-8-10-23-16/h3-6,8,10,13H,7,9H2,1-2H3,(H,18,20)(H,17,19,21)/t13-/m0/s1. The van der Waals surface area contributed by atoms with Crippen molar-refractivity contribution in [2.75, 3.05) is 17.3 Å². The Morgan fingerprint density at radius 2 is 2.13 bits per heavy atom. The van der Waals surface area contributed by atoms with Crippen LogP contribution in [0.2, 0.25) is 0 Å². The van der Waals surface area contributed by atoms with Crippen LogP contribution in [0.1, 0.15) is 22.3 Å². The molecule has 0 bridgehead atoms. The number of aryl methyl sites for hydroxylation is 1. The summed E-state index contributed by atoms with van der Waals surface area (Å²) in [5, 5.41) is 7.91. The second kappa shape index (κ2) is 8.69. The number of hydrogen-bond donors (Lipinski definition) is 2. The van der Waals surface area contributed by atoms with E-state index in [2.05, 4.69) is 15.6 Å². The van der Waals surface area contributed by atoms with E-state index in [0.717, 1.165) is 11.3 Å². The summed E-state index contributed by atoms with van der Waals surface area (Å²) >= 11 is 2.99. The number of carbonyl (C=O) groups excluding carboxylic acids is 2. The highest BCUT2D eigenvalue weighted by Crippen LogP contribution is 2.13. The molecule has 23 heavy (non-hydrogen) atoms. The maximum absolute atomic E-state index is 12.4. The summed E-state index contributed by atoms with van der Waals surface area (Å²) in [5.74, 6) is 0.309. The first kappa shape index (κ1) is 17.5. The van der Waals surface area contributed by atoms with Crippen molar-refractivity contribution in [3.05, 3.63) is 47.0 Å². The fourth-order valence-electron chi connectivity index (χ4n) is 2.05. The zero-order chi connectivity index (χ0) is 16.7. The molecule has 1 atom stereocenters. The van der Waals surface area contributed by atoms with E-state index in [9.17, 15) is 9.59 Å². The summed E-state index contributed by atoms with van der Waals surface area (Å²) in [5.41, 5.74) is 1.47. The Kier molecular flexibility index (Phi) is 6.61. The van der Waals surface area contributed by atoms with Gasteiger partial charge in [-0.2, -0.15) is 11.8 Å². The Labute approximate surface area is 143 Å². The molecule has 122 valence electrons. The number of anilines is 1. The number of amides is 2. The lowest BCUT2D eigenvalue weighted by atomic mass is 10.1. The normalized spacial score (nSPS) is 11.7. The number of thioether (sulfide) groups is 1. The number of rotatable bonds is 7. The van der Waals surface area contributed by atoms with E-state index >= 15 is 0 Å². The zero-order valence-corrected chi connectivity index (χ0v) is 14.7. The van der Waals surface area contributed by atoms with E-state index in [4.69, 9.17) is 0 Å². The first-order valence-corrected chi connectivity index (χ1v) is 9.45. The first-order valence-electron chi connectivity index (χ1n) is 7.17. The minimum atomic E-state index is -0.585. The second-order valence-corrected chi connectivity index (χ2v) is 6.83. The molecular formula is C16H19N3O2S2. The minimum Gasteiger partial charge on any atom is -0.340 e. The number of hydrogen-bond acceptors (Lipinski definition) is 5. The molecule has 2 amide bonds. The molecule has 0 spiro atoms. The van der Waals surface area contributed by atoms with Gasteiger partial charge in [0.25, 0.3) is 5.91 Å². The summed E-state index contributed by atoms with van der Waals surface area (Å²) in [4.78, 5) is 28.9. The van der Waals surface area contributed by atoms with E-state index in [1.54, 1.807) is 29.4 Å². The zero-order valence-electron chi connectivity index (χ0n) is 13.0. The molecule has 0 radical (unpaired) electrons. The summed E-state index contributed by atoms with van der Waals surface area (Å²) in [6, 6.07) is 6.75. The molecule has 0 aliphatic heterocycles. The van der Waals surface area contributed by atoms with Crippen molar-refractivity contribution < 1.29 is 9.59 Å². The highest BCUT2D eigenvalue weighted by Gasteiger charge is 2.22. The van der Waals surface area contributed by atoms with E-state index < -0.39 is 6.04 Å². The van der Waals surface area contributed by atoms with Crippen LogP contribution < -0.4 is 10.6 Å². The fourth-order valence-corrected chi connectivity index (χ4v) is 3.05. The number of aromatic nitrogens is 1. The van der Waals surface area contributed by atoms with Gasteiger partial charge in [0.15, 0.2) is 5.13 Å². The molecule has 0 fully saturated rings. The van der Waals surface area contributed by atoms with E-state index in [1.165, 1.54) is 11.3 Å². The average molecular weight is 349 g/mol. The van der Waals surface area contributed by atoms with Gasteiger partial charge in [-0.05, 0) is 37.0 Å². The van der Waals surface area contributed by atoms with Crippen molar-refractivity contribution >= 4 is 40.0 Å². The molecule has 0 unspecified atom stereocenters. The van der Waals surface area contributed by atoms with Gasteiger partial charge in [-0.1, -0.05) is 18.2 Å². The van der Waals surface area contributed by atoms with Gasteiger partial charge in [-0.25, -0.2) is 4.98 Å². The number of benzene rings is 1. The Hall–Kier alpha value is -1.86. The number of thiazole rings is 1. The van der Waals surface area contributed by atoms with Gasteiger partial charge >= 0.3 is 0 Å². The topological polar surface area (TPSA) is 71.1 Å². The van der Waals surface area contributed by atoms with Gasteiger partial charge < -0.3 is 10.6 Å². The van der Waals surface area contributed by atoms with Crippen LogP contribution in [0.5, 0.6) is 0 Å². The predicted octanol–water partition coefficient (Wildman–Crippen LogP) is 2.94. The third-order valence-corrected chi connectivity index (χ3v) is 4.62. The molecule has 0 saturated heterocycles. The van der Waals surface area contributed by atoms with Crippen LogP contribution in [0.25, 0.3) is 0 Å². The van der Waals surface area contributed by atoms with Gasteiger partial charge in [0.2, 0.25) is 5.91 Å². The maximum atomic E-state index is 12.4. The van der Waals surface area contributed by atoms with Crippen LogP contribution in [0, 0.1) is 6.92 Å². The van der Waals surface area contributed by atoms with Gasteiger partial charge in [0.05, 0.1) is 0 Å². The highest BCUT2D eigenvalue weighted by molar-refractivity contribution is 7.98. The van der Waals surface area contributed by atoms with Crippen LogP contribution in [-0.4, -0.2) is 34.8 Å². The van der Waals surface area contributed by atoms with Gasteiger partial charge in [0.1, 0.15) is 6.04 Å². The molecule has 5 nitrogen and oxygen atoms in total. The van der Waals surface area contributed by atoms with E-state index in [0.29, 0.717) is 17.1 Å². The number of carbonyl (C=O) groups is 2. The molecule has 0 aliphatic carbocycles. The molecular weight excluding hydrogens is 330 g/mol. The van der Waals surface area contributed by atoms with Gasteiger partial charge in [-0.15, -0.1) is 11.3 Å². The molecule has 0 saturated carbocycles. The van der Waals surface area contributed by atoms with Gasteiger partial charge in [0, 0.05) is 17.1 Å². The molecule has 1 aromatic heterocycles. The molecule has 2 aromatic rings. The Balaban J connectivity index is 2.07. The van der Waals surface area contributed by atoms with Crippen molar-refractivity contribution in [2.24, 2.45) is 0 Å². The summed E-state index contributed by atoms with van der Waals surface area (Å²) in [6.45, 7) is 1.88. The molecule has 2 N–H and O–H groups in total. The molecule has 0 aliphatic rings. The molecule has 2 rings (SSSR count). The van der Waals surface area contributed by atoms with Crippen LogP contribution in [0.3, 0.4) is 0 Å². The quantitative estimate of drug-likeness (QED) is 0.806. The summed E-state index contributed by atoms with van der Waals surface area (Å²) in [7, 11) is 0. The van der Waals surface area contributed by atoms with Crippen molar-refractivity contribution in [3.8, 4) is 0 Å². The molecule has 1 heterocycles. The third kappa shape index (κ3) is 5.07. The first-order chi connectivity index (χ1) is 11.1. The van der Waals surface area contributed by atoms with E-state index in [1.807, 2.05) is 31.4 Å². The monoisotopic (exact) mass is 349 g/mol. The Morgan fingerprint density at radius 3 is 2.78 bits per heavy atom. The minimum absolute atomic E-state index is 0.233. The Morgan fingerprint density at radius 1 is 1.35 bits per heavy atom. The largest absolute Gasteiger partial charge is 0.340 e. The molecule has 7 heteroatoms. The SMILES string of the molecule is CSCC[C@H](NC(=O)c1ccccc1C)C(=O)Nc1nccs1. The maximum Gasteiger partial charge on any atom is 0.252 e. The number of nitrogens with zero attached hydrogens (tertiary/aromatic N) is 1. The predicted molar refractivity (Wildman–Crippen MR) is 96.2 cm³/mol. The highest BCUT2D eigenvalue weighted by atomic mass is 32.2. The summed E-state index contributed by atoms with van der Waals surface area (Å²) < 4.78 is 0. The van der Waals surface area contributed by atoms with Crippen molar-refractivity contribution in [2.45, 2.75) is 19.4 Å². The third-order valence-electron chi connectivity index (χ3n) is 3.28. The lowest BCUT2D eigenvalue weighted by Gasteiger charge is -2.18. The average Bonchev–Trinajstić information content (AvgIpc) is 3.04.